The van der Waals surface area contributed by atoms with Crippen LogP contribution in [0.4, 0.5) is 18.0 Å². The second kappa shape index (κ2) is 5.18. The van der Waals surface area contributed by atoms with E-state index in [0.717, 1.165) is 4.57 Å². The molecule has 5 nitrogen and oxygen atoms in total. The average Bonchev–Trinajstić information content (AvgIpc) is 2.80. The van der Waals surface area contributed by atoms with Gasteiger partial charge in [-0.05, 0) is 6.92 Å². The summed E-state index contributed by atoms with van der Waals surface area (Å²) in [6.45, 7) is 5.72. The number of nitrogens with one attached hydrogen (secondary N) is 1. The number of rotatable bonds is 2. The van der Waals surface area contributed by atoms with Gasteiger partial charge in [0.05, 0.1) is 18.4 Å². The van der Waals surface area contributed by atoms with Crippen LogP contribution in [0.1, 0.15) is 18.4 Å². The Morgan fingerprint density at radius 3 is 2.85 bits per heavy atom. The molecule has 110 valence electrons. The van der Waals surface area contributed by atoms with Crippen LogP contribution in [0, 0.1) is 0 Å². The quantitative estimate of drug-likeness (QED) is 0.846. The maximum absolute atomic E-state index is 12.7. The summed E-state index contributed by atoms with van der Waals surface area (Å²) in [5, 5.41) is 2.68. The Bertz CT molecular complexity index is 523. The number of fused-ring (bicyclic) bond motifs is 1. The second-order valence-electron chi connectivity index (χ2n) is 4.62. The molecule has 1 aliphatic rings. The van der Waals surface area contributed by atoms with Gasteiger partial charge in [0.2, 0.25) is 5.82 Å². The van der Waals surface area contributed by atoms with Gasteiger partial charge in [0.15, 0.2) is 0 Å². The van der Waals surface area contributed by atoms with E-state index in [9.17, 15) is 18.0 Å². The Balaban J connectivity index is 2.11. The number of nitrogens with zero attached hydrogens (tertiary/aromatic N) is 3. The number of carbonyl (C=O) groups excluding carboxylic acids is 1. The molecular formula is C12H15F3N4O. The van der Waals surface area contributed by atoms with Crippen molar-refractivity contribution in [3.05, 3.63) is 30.4 Å². The van der Waals surface area contributed by atoms with E-state index in [2.05, 4.69) is 16.9 Å². The molecule has 1 aliphatic heterocycles. The van der Waals surface area contributed by atoms with Crippen LogP contribution in [0.25, 0.3) is 0 Å². The summed E-state index contributed by atoms with van der Waals surface area (Å²) in [6, 6.07) is -0.515. The van der Waals surface area contributed by atoms with E-state index in [4.69, 9.17) is 0 Å². The van der Waals surface area contributed by atoms with Crippen molar-refractivity contribution >= 4 is 6.03 Å². The molecule has 0 spiro atoms. The molecule has 0 aliphatic carbocycles. The molecular weight excluding hydrogens is 273 g/mol. The van der Waals surface area contributed by atoms with E-state index in [1.165, 1.54) is 11.1 Å². The Hall–Kier alpha value is -1.99. The molecule has 2 amide bonds. The highest BCUT2D eigenvalue weighted by atomic mass is 19.4. The number of hydrogen-bond donors (Lipinski definition) is 1. The van der Waals surface area contributed by atoms with Gasteiger partial charge in [0, 0.05) is 19.1 Å². The minimum absolute atomic E-state index is 0.0834. The topological polar surface area (TPSA) is 50.2 Å². The van der Waals surface area contributed by atoms with Crippen LogP contribution in [0.2, 0.25) is 0 Å². The summed E-state index contributed by atoms with van der Waals surface area (Å²) >= 11 is 0. The fourth-order valence-corrected chi connectivity index (χ4v) is 2.03. The lowest BCUT2D eigenvalue weighted by Gasteiger charge is -2.30. The Labute approximate surface area is 114 Å². The molecule has 0 saturated carbocycles. The SMILES string of the molecule is C=CC(C)NC(=O)N1CCn2c(cnc2C(F)(F)F)C1. The summed E-state index contributed by atoms with van der Waals surface area (Å²) in [5.41, 5.74) is 0.380. The van der Waals surface area contributed by atoms with E-state index in [-0.39, 0.29) is 31.7 Å². The van der Waals surface area contributed by atoms with Crippen molar-refractivity contribution in [1.29, 1.82) is 0 Å². The molecule has 2 rings (SSSR count). The first-order valence-corrected chi connectivity index (χ1v) is 6.12. The van der Waals surface area contributed by atoms with E-state index in [1.807, 2.05) is 0 Å². The standard InChI is InChI=1S/C12H15F3N4O/c1-3-8(2)17-11(20)18-4-5-19-9(7-18)6-16-10(19)12(13,14)15/h3,6,8H,1,4-5,7H2,2H3,(H,17,20). The molecule has 8 heteroatoms. The van der Waals surface area contributed by atoms with Crippen LogP contribution in [0.3, 0.4) is 0 Å². The highest BCUT2D eigenvalue weighted by molar-refractivity contribution is 5.74. The molecule has 1 aromatic heterocycles. The first kappa shape index (κ1) is 14.4. The Morgan fingerprint density at radius 2 is 2.25 bits per heavy atom. The van der Waals surface area contributed by atoms with Crippen LogP contribution in [0.15, 0.2) is 18.9 Å². The number of amides is 2. The number of urea groups is 1. The Kier molecular flexibility index (Phi) is 3.74. The first-order chi connectivity index (χ1) is 9.32. The molecule has 1 unspecified atom stereocenters. The highest BCUT2D eigenvalue weighted by Crippen LogP contribution is 2.30. The molecule has 2 heterocycles. The summed E-state index contributed by atoms with van der Waals surface area (Å²) in [7, 11) is 0. The summed E-state index contributed by atoms with van der Waals surface area (Å²) in [4.78, 5) is 16.8. The molecule has 0 saturated heterocycles. The van der Waals surface area contributed by atoms with E-state index < -0.39 is 12.0 Å². The molecule has 0 radical (unpaired) electrons. The van der Waals surface area contributed by atoms with Crippen LogP contribution in [0.5, 0.6) is 0 Å². The summed E-state index contributed by atoms with van der Waals surface area (Å²) in [6.07, 6.45) is -1.73. The average molecular weight is 288 g/mol. The zero-order chi connectivity index (χ0) is 14.9. The Morgan fingerprint density at radius 1 is 1.55 bits per heavy atom. The smallest absolute Gasteiger partial charge is 0.332 e. The van der Waals surface area contributed by atoms with Gasteiger partial charge in [-0.3, -0.25) is 0 Å². The van der Waals surface area contributed by atoms with Crippen molar-refractivity contribution in [3.63, 3.8) is 0 Å². The monoisotopic (exact) mass is 288 g/mol. The predicted molar refractivity (Wildman–Crippen MR) is 65.8 cm³/mol. The van der Waals surface area contributed by atoms with Crippen LogP contribution < -0.4 is 5.32 Å². The van der Waals surface area contributed by atoms with E-state index >= 15 is 0 Å². The zero-order valence-electron chi connectivity index (χ0n) is 10.9. The maximum Gasteiger partial charge on any atom is 0.449 e. The number of aromatic nitrogens is 2. The zero-order valence-corrected chi connectivity index (χ0v) is 10.9. The fourth-order valence-electron chi connectivity index (χ4n) is 2.03. The predicted octanol–water partition coefficient (Wildman–Crippen LogP) is 2.00. The highest BCUT2D eigenvalue weighted by Gasteiger charge is 2.38. The van der Waals surface area contributed by atoms with Gasteiger partial charge in [-0.1, -0.05) is 6.08 Å². The van der Waals surface area contributed by atoms with Gasteiger partial charge in [0.1, 0.15) is 0 Å². The lowest BCUT2D eigenvalue weighted by molar-refractivity contribution is -0.147. The lowest BCUT2D eigenvalue weighted by atomic mass is 10.3. The second-order valence-corrected chi connectivity index (χ2v) is 4.62. The lowest BCUT2D eigenvalue weighted by Crippen LogP contribution is -2.46. The van der Waals surface area contributed by atoms with Crippen molar-refractivity contribution in [2.24, 2.45) is 0 Å². The van der Waals surface area contributed by atoms with Gasteiger partial charge in [-0.15, -0.1) is 6.58 Å². The van der Waals surface area contributed by atoms with E-state index in [1.54, 1.807) is 13.0 Å². The number of hydrogen-bond acceptors (Lipinski definition) is 2. The van der Waals surface area contributed by atoms with Crippen LogP contribution in [-0.4, -0.2) is 33.1 Å². The van der Waals surface area contributed by atoms with Crippen LogP contribution in [-0.2, 0) is 19.3 Å². The number of halogens is 3. The van der Waals surface area contributed by atoms with Crippen molar-refractivity contribution in [1.82, 2.24) is 19.8 Å². The molecule has 0 aromatic carbocycles. The van der Waals surface area contributed by atoms with Gasteiger partial charge in [0.25, 0.3) is 0 Å². The maximum atomic E-state index is 12.7. The number of imidazole rings is 1. The third kappa shape index (κ3) is 2.78. The summed E-state index contributed by atoms with van der Waals surface area (Å²) < 4.78 is 39.2. The van der Waals surface area contributed by atoms with Crippen molar-refractivity contribution in [2.45, 2.75) is 32.2 Å². The largest absolute Gasteiger partial charge is 0.449 e. The van der Waals surface area contributed by atoms with Gasteiger partial charge in [-0.2, -0.15) is 13.2 Å². The molecule has 1 aromatic rings. The molecule has 20 heavy (non-hydrogen) atoms. The van der Waals surface area contributed by atoms with Gasteiger partial charge >= 0.3 is 12.2 Å². The molecule has 1 atom stereocenters. The van der Waals surface area contributed by atoms with Crippen molar-refractivity contribution in [2.75, 3.05) is 6.54 Å². The van der Waals surface area contributed by atoms with E-state index in [0.29, 0.717) is 5.69 Å². The molecule has 0 fully saturated rings. The number of alkyl halides is 3. The van der Waals surface area contributed by atoms with Gasteiger partial charge < -0.3 is 14.8 Å². The molecule has 0 bridgehead atoms. The third-order valence-electron chi connectivity index (χ3n) is 3.13. The van der Waals surface area contributed by atoms with Crippen molar-refractivity contribution < 1.29 is 18.0 Å². The number of carbonyl (C=O) groups is 1. The van der Waals surface area contributed by atoms with Crippen LogP contribution >= 0.6 is 0 Å². The minimum Gasteiger partial charge on any atom is -0.332 e. The fraction of sp³-hybridized carbons (Fsp3) is 0.500. The normalized spacial score (nSPS) is 16.5. The van der Waals surface area contributed by atoms with Gasteiger partial charge in [-0.25, -0.2) is 9.78 Å². The third-order valence-corrected chi connectivity index (χ3v) is 3.13. The van der Waals surface area contributed by atoms with Crippen molar-refractivity contribution in [3.8, 4) is 0 Å². The molecule has 1 N–H and O–H groups in total. The summed E-state index contributed by atoms with van der Waals surface area (Å²) in [5.74, 6) is -0.910. The first-order valence-electron chi connectivity index (χ1n) is 6.12. The minimum atomic E-state index is -4.47.